The van der Waals surface area contributed by atoms with E-state index >= 15 is 0 Å². The van der Waals surface area contributed by atoms with Crippen LogP contribution < -0.4 is 5.32 Å². The minimum Gasteiger partial charge on any atom is -0.358 e. The van der Waals surface area contributed by atoms with Crippen LogP contribution in [-0.4, -0.2) is 59.4 Å². The molecule has 1 amide bonds. The van der Waals surface area contributed by atoms with E-state index in [1.165, 1.54) is 30.8 Å². The molecule has 1 saturated heterocycles. The van der Waals surface area contributed by atoms with Crippen LogP contribution in [0.25, 0.3) is 0 Å². The fraction of sp³-hybridized carbons (Fsp3) is 0.452. The number of rotatable bonds is 8. The number of unbranched alkanes of at least 4 members (excludes halogenated alkanes) is 1. The molecule has 4 heterocycles. The van der Waals surface area contributed by atoms with Crippen molar-refractivity contribution in [1.82, 2.24) is 9.80 Å². The van der Waals surface area contributed by atoms with Crippen LogP contribution in [0.4, 0.5) is 5.69 Å². The third kappa shape index (κ3) is 5.27. The van der Waals surface area contributed by atoms with Gasteiger partial charge >= 0.3 is 0 Å². The number of carbonyl (C=O) groups is 2. The molecule has 4 aliphatic rings. The van der Waals surface area contributed by atoms with Crippen LogP contribution in [0.5, 0.6) is 0 Å². The van der Waals surface area contributed by atoms with E-state index in [1.54, 1.807) is 11.3 Å². The normalized spacial score (nSPS) is 22.9. The lowest BCUT2D eigenvalue weighted by Crippen LogP contribution is -2.26. The Bertz CT molecular complexity index is 1320. The summed E-state index contributed by atoms with van der Waals surface area (Å²) in [4.78, 5) is 37.0. The minimum atomic E-state index is 0.0846. The van der Waals surface area contributed by atoms with E-state index in [0.29, 0.717) is 25.0 Å². The van der Waals surface area contributed by atoms with Gasteiger partial charge in [0, 0.05) is 54.2 Å². The van der Waals surface area contributed by atoms with E-state index in [4.69, 9.17) is 4.99 Å². The highest BCUT2D eigenvalue weighted by Gasteiger charge is 2.32. The Morgan fingerprint density at radius 1 is 1.11 bits per heavy atom. The number of hydrogen-bond acceptors (Lipinski definition) is 6. The largest absolute Gasteiger partial charge is 0.358 e. The van der Waals surface area contributed by atoms with Crippen molar-refractivity contribution >= 4 is 34.4 Å². The molecule has 0 saturated carbocycles. The average molecular weight is 529 g/mol. The Hall–Kier alpha value is -3.03. The Labute approximate surface area is 229 Å². The number of nitrogens with one attached hydrogen (secondary N) is 1. The Balaban J connectivity index is 1.14. The number of benzene rings is 1. The predicted octanol–water partition coefficient (Wildman–Crippen LogP) is 5.40. The van der Waals surface area contributed by atoms with Crippen molar-refractivity contribution in [2.75, 3.05) is 31.5 Å². The van der Waals surface area contributed by atoms with Crippen LogP contribution in [0.3, 0.4) is 0 Å². The predicted molar refractivity (Wildman–Crippen MR) is 154 cm³/mol. The van der Waals surface area contributed by atoms with Crippen molar-refractivity contribution in [3.05, 3.63) is 74.6 Å². The molecule has 0 unspecified atom stereocenters. The van der Waals surface area contributed by atoms with Crippen LogP contribution in [-0.2, 0) is 24.2 Å². The number of Topliss-reactive ketones (excluding diaryl/α,β-unsaturated/α-hetero) is 1. The van der Waals surface area contributed by atoms with Crippen LogP contribution in [0.1, 0.15) is 65.4 Å². The molecule has 0 radical (unpaired) electrons. The zero-order valence-electron chi connectivity index (χ0n) is 22.2. The molecule has 1 aromatic carbocycles. The van der Waals surface area contributed by atoms with E-state index in [9.17, 15) is 9.59 Å². The van der Waals surface area contributed by atoms with Crippen molar-refractivity contribution < 1.29 is 9.59 Å². The van der Waals surface area contributed by atoms with Gasteiger partial charge in [0.2, 0.25) is 0 Å². The monoisotopic (exact) mass is 528 g/mol. The van der Waals surface area contributed by atoms with Gasteiger partial charge in [0.15, 0.2) is 5.78 Å². The molecule has 6 rings (SSSR count). The molecule has 38 heavy (non-hydrogen) atoms. The number of hydrogen-bond donors (Lipinski definition) is 1. The van der Waals surface area contributed by atoms with Gasteiger partial charge in [0.05, 0.1) is 17.3 Å². The number of nitrogens with zero attached hydrogens (tertiary/aromatic N) is 3. The highest BCUT2D eigenvalue weighted by molar-refractivity contribution is 7.09. The summed E-state index contributed by atoms with van der Waals surface area (Å²) in [5, 5.41) is 5.62. The minimum absolute atomic E-state index is 0.0846. The van der Waals surface area contributed by atoms with Crippen molar-refractivity contribution in [1.29, 1.82) is 0 Å². The van der Waals surface area contributed by atoms with Gasteiger partial charge in [0.1, 0.15) is 0 Å². The highest BCUT2D eigenvalue weighted by Crippen LogP contribution is 2.36. The molecular formula is C31H36N4O2S. The molecule has 0 bridgehead atoms. The van der Waals surface area contributed by atoms with E-state index in [-0.39, 0.29) is 17.7 Å². The van der Waals surface area contributed by atoms with Crippen LogP contribution in [0.2, 0.25) is 0 Å². The standard InChI is InChI=1S/C31H36N4O2S/c1-21(16-24-8-7-15-38-24)32-26-9-6-10-29(36)30(26)28-18-22-17-25-23(19-27(22)33-28)20-35(31(25)37)14-5-4-13-34-11-2-3-12-34/h6-9,15,17,19,21,33H,2-5,10-14,16,18,20H2,1H3/t21-/m0/s1. The first-order valence-electron chi connectivity index (χ1n) is 14.0. The SMILES string of the molecule is C[C@@H](Cc1cccs1)N=C1C=CCC(=O)C1=C1Cc2cc3c(cc2N1)CN(CCCCN1CCCC1)C3=O. The number of likely N-dealkylation sites (tertiary alicyclic amines) is 1. The van der Waals surface area contributed by atoms with E-state index < -0.39 is 0 Å². The zero-order valence-corrected chi connectivity index (χ0v) is 23.0. The maximum atomic E-state index is 13.2. The van der Waals surface area contributed by atoms with Crippen molar-refractivity contribution in [2.45, 2.75) is 64.5 Å². The number of carbonyl (C=O) groups excluding carboxylic acids is 2. The summed E-state index contributed by atoms with van der Waals surface area (Å²) in [5.41, 5.74) is 6.39. The van der Waals surface area contributed by atoms with Gasteiger partial charge in [-0.25, -0.2) is 0 Å². The van der Waals surface area contributed by atoms with Crippen LogP contribution in [0, 0.1) is 0 Å². The Morgan fingerprint density at radius 3 is 2.76 bits per heavy atom. The third-order valence-electron chi connectivity index (χ3n) is 8.06. The molecule has 2 aromatic rings. The number of allylic oxidation sites excluding steroid dienone is 4. The summed E-state index contributed by atoms with van der Waals surface area (Å²) in [5.74, 6) is 0.250. The number of anilines is 1. The van der Waals surface area contributed by atoms with Gasteiger partial charge in [-0.05, 0) is 93.0 Å². The van der Waals surface area contributed by atoms with Crippen molar-refractivity contribution in [3.63, 3.8) is 0 Å². The van der Waals surface area contributed by atoms with Crippen LogP contribution >= 0.6 is 11.3 Å². The van der Waals surface area contributed by atoms with Crippen molar-refractivity contribution in [2.24, 2.45) is 4.99 Å². The van der Waals surface area contributed by atoms with E-state index in [0.717, 1.165) is 66.1 Å². The first-order chi connectivity index (χ1) is 18.5. The van der Waals surface area contributed by atoms with Gasteiger partial charge in [-0.1, -0.05) is 12.1 Å². The molecule has 1 atom stereocenters. The molecule has 7 heteroatoms. The zero-order chi connectivity index (χ0) is 26.1. The second kappa shape index (κ2) is 11.0. The molecule has 198 valence electrons. The molecule has 1 aliphatic carbocycles. The van der Waals surface area contributed by atoms with E-state index in [2.05, 4.69) is 46.8 Å². The fourth-order valence-electron chi connectivity index (χ4n) is 6.14. The molecule has 1 fully saturated rings. The van der Waals surface area contributed by atoms with Gasteiger partial charge in [-0.2, -0.15) is 0 Å². The van der Waals surface area contributed by atoms with Gasteiger partial charge in [0.25, 0.3) is 5.91 Å². The summed E-state index contributed by atoms with van der Waals surface area (Å²) in [6.07, 6.45) is 10.6. The number of thiophene rings is 1. The smallest absolute Gasteiger partial charge is 0.254 e. The second-order valence-corrected chi connectivity index (χ2v) is 12.0. The first kappa shape index (κ1) is 25.3. The lowest BCUT2D eigenvalue weighted by atomic mass is 9.93. The topological polar surface area (TPSA) is 65.0 Å². The molecule has 3 aliphatic heterocycles. The van der Waals surface area contributed by atoms with Gasteiger partial charge < -0.3 is 15.1 Å². The maximum absolute atomic E-state index is 13.2. The highest BCUT2D eigenvalue weighted by atomic mass is 32.1. The lowest BCUT2D eigenvalue weighted by Gasteiger charge is -2.18. The molecule has 1 aromatic heterocycles. The molecule has 0 spiro atoms. The number of ketones is 1. The quantitative estimate of drug-likeness (QED) is 0.368. The summed E-state index contributed by atoms with van der Waals surface area (Å²) >= 11 is 1.74. The van der Waals surface area contributed by atoms with Gasteiger partial charge in [-0.3, -0.25) is 14.6 Å². The second-order valence-electron chi connectivity index (χ2n) is 11.0. The summed E-state index contributed by atoms with van der Waals surface area (Å²) in [6.45, 7) is 7.21. The third-order valence-corrected chi connectivity index (χ3v) is 8.96. The molecule has 6 nitrogen and oxygen atoms in total. The van der Waals surface area contributed by atoms with Gasteiger partial charge in [-0.15, -0.1) is 11.3 Å². The number of amides is 1. The Kier molecular flexibility index (Phi) is 7.30. The van der Waals surface area contributed by atoms with Crippen LogP contribution in [0.15, 0.2) is 58.1 Å². The number of aliphatic imine (C=N–C) groups is 1. The average Bonchev–Trinajstić information content (AvgIpc) is 3.70. The summed E-state index contributed by atoms with van der Waals surface area (Å²) in [7, 11) is 0. The first-order valence-corrected chi connectivity index (χ1v) is 14.9. The lowest BCUT2D eigenvalue weighted by molar-refractivity contribution is -0.114. The summed E-state index contributed by atoms with van der Waals surface area (Å²) < 4.78 is 0. The maximum Gasteiger partial charge on any atom is 0.254 e. The van der Waals surface area contributed by atoms with Crippen molar-refractivity contribution in [3.8, 4) is 0 Å². The molecule has 1 N–H and O–H groups in total. The summed E-state index contributed by atoms with van der Waals surface area (Å²) in [6, 6.07) is 8.46. The number of fused-ring (bicyclic) bond motifs is 2. The van der Waals surface area contributed by atoms with E-state index in [1.807, 2.05) is 17.1 Å². The Morgan fingerprint density at radius 2 is 1.95 bits per heavy atom. The molecular weight excluding hydrogens is 492 g/mol. The fourth-order valence-corrected chi connectivity index (χ4v) is 6.97.